The first-order chi connectivity index (χ1) is 13.6. The predicted molar refractivity (Wildman–Crippen MR) is 109 cm³/mol. The minimum Gasteiger partial charge on any atom is -0.454 e. The van der Waals surface area contributed by atoms with Crippen molar-refractivity contribution in [2.75, 3.05) is 6.79 Å². The van der Waals surface area contributed by atoms with Gasteiger partial charge < -0.3 is 14.8 Å². The number of fused-ring (bicyclic) bond motifs is 1. The van der Waals surface area contributed by atoms with E-state index in [1.165, 1.54) is 0 Å². The molecule has 3 aromatic rings. The molecule has 142 valence electrons. The summed E-state index contributed by atoms with van der Waals surface area (Å²) in [5.74, 6) is 0.771. The summed E-state index contributed by atoms with van der Waals surface area (Å²) >= 11 is 13.6. The molecule has 0 fully saturated rings. The fourth-order valence-electron chi connectivity index (χ4n) is 2.54. The highest BCUT2D eigenvalue weighted by atomic mass is 35.5. The van der Waals surface area contributed by atoms with Crippen LogP contribution in [0.15, 0.2) is 42.5 Å². The number of amides is 1. The van der Waals surface area contributed by atoms with E-state index in [0.29, 0.717) is 33.1 Å². The zero-order valence-corrected chi connectivity index (χ0v) is 16.6. The molecule has 1 aliphatic rings. The number of nitrogens with zero attached hydrogens (tertiary/aromatic N) is 2. The quantitative estimate of drug-likeness (QED) is 0.636. The third-order valence-corrected chi connectivity index (χ3v) is 5.50. The molecule has 9 heteroatoms. The fourth-order valence-corrected chi connectivity index (χ4v) is 3.76. The molecule has 0 bridgehead atoms. The van der Waals surface area contributed by atoms with Gasteiger partial charge in [0.25, 0.3) is 5.91 Å². The SMILES string of the molecule is O=C(NCc1ccccc1)c1nnc(/C(Cl)=C/c2cc(Cl)c3c(c2)OCO3)s1. The van der Waals surface area contributed by atoms with E-state index in [2.05, 4.69) is 15.5 Å². The van der Waals surface area contributed by atoms with E-state index in [1.807, 2.05) is 30.3 Å². The Hall–Kier alpha value is -2.61. The summed E-state index contributed by atoms with van der Waals surface area (Å²) in [5.41, 5.74) is 1.72. The molecular formula is C19H13Cl2N3O3S. The number of carbonyl (C=O) groups excluding carboxylic acids is 1. The van der Waals surface area contributed by atoms with Crippen LogP contribution in [-0.2, 0) is 6.54 Å². The van der Waals surface area contributed by atoms with Gasteiger partial charge in [0.15, 0.2) is 16.5 Å². The lowest BCUT2D eigenvalue weighted by Crippen LogP contribution is -2.22. The molecule has 1 aromatic heterocycles. The highest BCUT2D eigenvalue weighted by Crippen LogP contribution is 2.40. The Kier molecular flexibility index (Phi) is 5.47. The van der Waals surface area contributed by atoms with Crippen LogP contribution in [0.5, 0.6) is 11.5 Å². The van der Waals surface area contributed by atoms with Crippen molar-refractivity contribution < 1.29 is 14.3 Å². The van der Waals surface area contributed by atoms with Crippen LogP contribution in [0.1, 0.15) is 25.9 Å². The number of carbonyl (C=O) groups is 1. The second-order valence-electron chi connectivity index (χ2n) is 5.81. The topological polar surface area (TPSA) is 73.3 Å². The Labute approximate surface area is 174 Å². The number of nitrogens with one attached hydrogen (secondary N) is 1. The lowest BCUT2D eigenvalue weighted by molar-refractivity contribution is 0.0950. The van der Waals surface area contributed by atoms with Crippen molar-refractivity contribution in [3.05, 3.63) is 68.6 Å². The van der Waals surface area contributed by atoms with E-state index in [9.17, 15) is 4.79 Å². The molecule has 2 heterocycles. The molecule has 28 heavy (non-hydrogen) atoms. The van der Waals surface area contributed by atoms with Crippen molar-refractivity contribution >= 4 is 51.6 Å². The standard InChI is InChI=1S/C19H13Cl2N3O3S/c20-13-6-12(8-15-16(13)27-10-26-15)7-14(21)18-23-24-19(28-18)17(25)22-9-11-4-2-1-3-5-11/h1-8H,9-10H2,(H,22,25)/b14-7-. The van der Waals surface area contributed by atoms with E-state index in [0.717, 1.165) is 22.5 Å². The van der Waals surface area contributed by atoms with Crippen LogP contribution in [0.25, 0.3) is 11.1 Å². The van der Waals surface area contributed by atoms with Crippen molar-refractivity contribution in [1.29, 1.82) is 0 Å². The summed E-state index contributed by atoms with van der Waals surface area (Å²) in [7, 11) is 0. The van der Waals surface area contributed by atoms with Gasteiger partial charge in [-0.25, -0.2) is 0 Å². The largest absolute Gasteiger partial charge is 0.454 e. The van der Waals surface area contributed by atoms with Crippen molar-refractivity contribution in [1.82, 2.24) is 15.5 Å². The van der Waals surface area contributed by atoms with Crippen LogP contribution in [-0.4, -0.2) is 22.9 Å². The Bertz CT molecular complexity index is 1050. The third kappa shape index (κ3) is 4.11. The maximum absolute atomic E-state index is 12.3. The van der Waals surface area contributed by atoms with Gasteiger partial charge in [0.2, 0.25) is 11.8 Å². The molecule has 0 aliphatic carbocycles. The number of hydrogen-bond acceptors (Lipinski definition) is 6. The summed E-state index contributed by atoms with van der Waals surface area (Å²) in [4.78, 5) is 12.3. The number of benzene rings is 2. The van der Waals surface area contributed by atoms with Crippen molar-refractivity contribution in [3.63, 3.8) is 0 Å². The highest BCUT2D eigenvalue weighted by Gasteiger charge is 2.19. The minimum absolute atomic E-state index is 0.133. The number of halogens is 2. The molecule has 0 atom stereocenters. The smallest absolute Gasteiger partial charge is 0.282 e. The summed E-state index contributed by atoms with van der Waals surface area (Å²) < 4.78 is 10.6. The van der Waals surface area contributed by atoms with Crippen LogP contribution in [0.2, 0.25) is 5.02 Å². The van der Waals surface area contributed by atoms with Gasteiger partial charge in [0.1, 0.15) is 0 Å². The van der Waals surface area contributed by atoms with E-state index >= 15 is 0 Å². The molecule has 0 radical (unpaired) electrons. The van der Waals surface area contributed by atoms with Gasteiger partial charge in [0, 0.05) is 6.54 Å². The number of ether oxygens (including phenoxy) is 2. The van der Waals surface area contributed by atoms with Crippen LogP contribution in [0.3, 0.4) is 0 Å². The molecule has 6 nitrogen and oxygen atoms in total. The van der Waals surface area contributed by atoms with E-state index in [4.69, 9.17) is 32.7 Å². The predicted octanol–water partition coefficient (Wildman–Crippen LogP) is 4.59. The highest BCUT2D eigenvalue weighted by molar-refractivity contribution is 7.15. The molecule has 0 saturated carbocycles. The van der Waals surface area contributed by atoms with Crippen molar-refractivity contribution in [2.45, 2.75) is 6.54 Å². The van der Waals surface area contributed by atoms with Gasteiger partial charge in [-0.05, 0) is 29.3 Å². The third-order valence-electron chi connectivity index (χ3n) is 3.86. The van der Waals surface area contributed by atoms with E-state index in [-0.39, 0.29) is 17.7 Å². The summed E-state index contributed by atoms with van der Waals surface area (Å²) in [6.45, 7) is 0.543. The molecule has 0 spiro atoms. The molecule has 4 rings (SSSR count). The maximum atomic E-state index is 12.3. The molecule has 2 aromatic carbocycles. The molecule has 0 saturated heterocycles. The second kappa shape index (κ2) is 8.18. The summed E-state index contributed by atoms with van der Waals surface area (Å²) in [5, 5.41) is 12.2. The molecule has 1 aliphatic heterocycles. The maximum Gasteiger partial charge on any atom is 0.282 e. The first-order valence-electron chi connectivity index (χ1n) is 8.22. The number of hydrogen-bond donors (Lipinski definition) is 1. The lowest BCUT2D eigenvalue weighted by atomic mass is 10.2. The van der Waals surface area contributed by atoms with Gasteiger partial charge >= 0.3 is 0 Å². The number of rotatable bonds is 5. The van der Waals surface area contributed by atoms with E-state index < -0.39 is 0 Å². The molecule has 1 N–H and O–H groups in total. The van der Waals surface area contributed by atoms with Gasteiger partial charge in [-0.1, -0.05) is 64.9 Å². The van der Waals surface area contributed by atoms with E-state index in [1.54, 1.807) is 18.2 Å². The fraction of sp³-hybridized carbons (Fsp3) is 0.105. The van der Waals surface area contributed by atoms with Crippen LogP contribution in [0.4, 0.5) is 0 Å². The summed E-state index contributed by atoms with van der Waals surface area (Å²) in [6.07, 6.45) is 1.68. The average molecular weight is 434 g/mol. The van der Waals surface area contributed by atoms with Crippen LogP contribution >= 0.6 is 34.5 Å². The van der Waals surface area contributed by atoms with Gasteiger partial charge in [-0.2, -0.15) is 0 Å². The average Bonchev–Trinajstić information content (AvgIpc) is 3.37. The Morgan fingerprint density at radius 1 is 1.18 bits per heavy atom. The zero-order chi connectivity index (χ0) is 19.5. The summed E-state index contributed by atoms with van der Waals surface area (Å²) in [6, 6.07) is 13.1. The number of aromatic nitrogens is 2. The van der Waals surface area contributed by atoms with Crippen LogP contribution in [0, 0.1) is 0 Å². The molecule has 0 unspecified atom stereocenters. The van der Waals surface area contributed by atoms with Gasteiger partial charge in [0.05, 0.1) is 10.1 Å². The second-order valence-corrected chi connectivity index (χ2v) is 7.60. The minimum atomic E-state index is -0.303. The van der Waals surface area contributed by atoms with Crippen LogP contribution < -0.4 is 14.8 Å². The Morgan fingerprint density at radius 3 is 2.79 bits per heavy atom. The Balaban J connectivity index is 1.47. The first-order valence-corrected chi connectivity index (χ1v) is 9.80. The zero-order valence-electron chi connectivity index (χ0n) is 14.3. The van der Waals surface area contributed by atoms with Crippen molar-refractivity contribution in [2.24, 2.45) is 0 Å². The Morgan fingerprint density at radius 2 is 1.96 bits per heavy atom. The first kappa shape index (κ1) is 18.7. The van der Waals surface area contributed by atoms with Crippen molar-refractivity contribution in [3.8, 4) is 11.5 Å². The van der Waals surface area contributed by atoms with Gasteiger partial charge in [-0.15, -0.1) is 10.2 Å². The monoisotopic (exact) mass is 433 g/mol. The lowest BCUT2D eigenvalue weighted by Gasteiger charge is -2.02. The normalized spacial score (nSPS) is 12.9. The molecule has 1 amide bonds. The molecular weight excluding hydrogens is 421 g/mol. The van der Waals surface area contributed by atoms with Gasteiger partial charge in [-0.3, -0.25) is 4.79 Å².